The molecule has 2 fully saturated rings. The van der Waals surface area contributed by atoms with Crippen molar-refractivity contribution in [3.8, 4) is 0 Å². The molecule has 10 heteroatoms. The van der Waals surface area contributed by atoms with Gasteiger partial charge in [0.25, 0.3) is 0 Å². The first-order valence-electron chi connectivity index (χ1n) is 9.00. The highest BCUT2D eigenvalue weighted by Gasteiger charge is 2.38. The molecule has 1 N–H and O–H groups in total. The molecule has 1 aromatic heterocycles. The fourth-order valence-electron chi connectivity index (χ4n) is 3.46. The molecule has 148 valence electrons. The van der Waals surface area contributed by atoms with Gasteiger partial charge >= 0.3 is 12.1 Å². The molecule has 27 heavy (non-hydrogen) atoms. The highest BCUT2D eigenvalue weighted by Crippen LogP contribution is 2.23. The van der Waals surface area contributed by atoms with Crippen molar-refractivity contribution in [2.75, 3.05) is 43.9 Å². The largest absolute Gasteiger partial charge is 0.371 e. The normalized spacial score (nSPS) is 18.9. The van der Waals surface area contributed by atoms with Gasteiger partial charge < -0.3 is 10.2 Å². The van der Waals surface area contributed by atoms with Crippen LogP contribution < -0.4 is 10.2 Å². The Balaban J connectivity index is 1.46. The molecule has 9 nitrogen and oxygen atoms in total. The summed E-state index contributed by atoms with van der Waals surface area (Å²) in [5.41, 5.74) is 2.15. The topological polar surface area (TPSA) is 103 Å². The molecule has 0 aliphatic carbocycles. The van der Waals surface area contributed by atoms with Crippen molar-refractivity contribution < 1.29 is 18.0 Å². The van der Waals surface area contributed by atoms with E-state index in [-0.39, 0.29) is 13.1 Å². The first kappa shape index (κ1) is 19.4. The number of carbonyl (C=O) groups is 2. The van der Waals surface area contributed by atoms with Crippen LogP contribution in [0, 0.1) is 12.8 Å². The van der Waals surface area contributed by atoms with E-state index in [0.29, 0.717) is 12.5 Å². The summed E-state index contributed by atoms with van der Waals surface area (Å²) in [4.78, 5) is 31.8. The van der Waals surface area contributed by atoms with Crippen LogP contribution in [0.4, 0.5) is 15.3 Å². The molecule has 0 atom stereocenters. The Bertz CT molecular complexity index is 820. The van der Waals surface area contributed by atoms with Crippen molar-refractivity contribution in [1.29, 1.82) is 0 Å². The first-order chi connectivity index (χ1) is 12.8. The number of nitrogens with one attached hydrogen (secondary N) is 1. The zero-order valence-electron chi connectivity index (χ0n) is 15.6. The summed E-state index contributed by atoms with van der Waals surface area (Å²) in [5, 5.41) is 2.78. The van der Waals surface area contributed by atoms with Gasteiger partial charge in [0.15, 0.2) is 0 Å². The fourth-order valence-corrected chi connectivity index (χ4v) is 4.26. The van der Waals surface area contributed by atoms with E-state index in [1.165, 1.54) is 0 Å². The van der Waals surface area contributed by atoms with Crippen LogP contribution in [0.2, 0.25) is 0 Å². The molecule has 4 amide bonds. The molecule has 1 aromatic rings. The minimum atomic E-state index is -3.64. The van der Waals surface area contributed by atoms with Crippen LogP contribution in [0.25, 0.3) is 0 Å². The van der Waals surface area contributed by atoms with Crippen LogP contribution in [-0.2, 0) is 10.0 Å². The van der Waals surface area contributed by atoms with Crippen LogP contribution in [0.5, 0.6) is 0 Å². The van der Waals surface area contributed by atoms with Gasteiger partial charge in [-0.1, -0.05) is 0 Å². The second-order valence-corrected chi connectivity index (χ2v) is 8.95. The predicted octanol–water partition coefficient (Wildman–Crippen LogP) is 1.01. The van der Waals surface area contributed by atoms with Crippen molar-refractivity contribution in [3.05, 3.63) is 24.0 Å². The lowest BCUT2D eigenvalue weighted by atomic mass is 9.96. The zero-order chi connectivity index (χ0) is 19.6. The number of hydrogen-bond donors (Lipinski definition) is 1. The van der Waals surface area contributed by atoms with Crippen LogP contribution in [-0.4, -0.2) is 73.6 Å². The maximum atomic E-state index is 12.2. The SMILES string of the molecule is Cc1cc(N2CCC(CNC(=O)N3CCN(S(C)(=O)=O)C3=O)CC2)ccn1. The van der Waals surface area contributed by atoms with Gasteiger partial charge in [0, 0.05) is 37.2 Å². The summed E-state index contributed by atoms with van der Waals surface area (Å²) < 4.78 is 23.8. The molecular weight excluding hydrogens is 370 g/mol. The zero-order valence-corrected chi connectivity index (χ0v) is 16.4. The molecule has 0 radical (unpaired) electrons. The summed E-state index contributed by atoms with van der Waals surface area (Å²) in [6, 6.07) is 2.76. The van der Waals surface area contributed by atoms with Crippen LogP contribution >= 0.6 is 0 Å². The van der Waals surface area contributed by atoms with Gasteiger partial charge in [-0.2, -0.15) is 0 Å². The summed E-state index contributed by atoms with van der Waals surface area (Å²) in [7, 11) is -3.64. The number of imide groups is 1. The average Bonchev–Trinajstić information content (AvgIpc) is 3.02. The Labute approximate surface area is 159 Å². The minimum Gasteiger partial charge on any atom is -0.371 e. The molecule has 2 aliphatic heterocycles. The maximum Gasteiger partial charge on any atom is 0.341 e. The van der Waals surface area contributed by atoms with E-state index in [1.54, 1.807) is 0 Å². The Kier molecular flexibility index (Phi) is 5.54. The van der Waals surface area contributed by atoms with Crippen molar-refractivity contribution in [2.45, 2.75) is 19.8 Å². The number of hydrogen-bond acceptors (Lipinski definition) is 6. The number of carbonyl (C=O) groups excluding carboxylic acids is 2. The van der Waals surface area contributed by atoms with Gasteiger partial charge in [-0.3, -0.25) is 4.98 Å². The van der Waals surface area contributed by atoms with Crippen LogP contribution in [0.1, 0.15) is 18.5 Å². The van der Waals surface area contributed by atoms with Crippen molar-refractivity contribution in [3.63, 3.8) is 0 Å². The second kappa shape index (κ2) is 7.71. The second-order valence-electron chi connectivity index (χ2n) is 7.04. The van der Waals surface area contributed by atoms with Gasteiger partial charge in [0.2, 0.25) is 10.0 Å². The molecule has 0 bridgehead atoms. The van der Waals surface area contributed by atoms with Gasteiger partial charge in [0.1, 0.15) is 0 Å². The van der Waals surface area contributed by atoms with Crippen LogP contribution in [0.15, 0.2) is 18.3 Å². The average molecular weight is 395 g/mol. The summed E-state index contributed by atoms with van der Waals surface area (Å²) >= 11 is 0. The Hall–Kier alpha value is -2.36. The van der Waals surface area contributed by atoms with E-state index < -0.39 is 22.1 Å². The predicted molar refractivity (Wildman–Crippen MR) is 101 cm³/mol. The maximum absolute atomic E-state index is 12.2. The lowest BCUT2D eigenvalue weighted by Crippen LogP contribution is -2.46. The number of piperidine rings is 1. The number of nitrogens with zero attached hydrogens (tertiary/aromatic N) is 4. The number of pyridine rings is 1. The number of amides is 4. The van der Waals surface area contributed by atoms with Gasteiger partial charge in [0.05, 0.1) is 19.3 Å². The minimum absolute atomic E-state index is 0.00875. The molecule has 3 heterocycles. The van der Waals surface area contributed by atoms with E-state index in [1.807, 2.05) is 19.2 Å². The van der Waals surface area contributed by atoms with Crippen molar-refractivity contribution in [1.82, 2.24) is 19.5 Å². The molecule has 3 rings (SSSR count). The Morgan fingerprint density at radius 1 is 1.26 bits per heavy atom. The lowest BCUT2D eigenvalue weighted by Gasteiger charge is -2.34. The van der Waals surface area contributed by atoms with E-state index in [2.05, 4.69) is 21.3 Å². The Morgan fingerprint density at radius 2 is 1.96 bits per heavy atom. The summed E-state index contributed by atoms with van der Waals surface area (Å²) in [5.74, 6) is 0.330. The summed E-state index contributed by atoms with van der Waals surface area (Å²) in [6.45, 7) is 4.33. The van der Waals surface area contributed by atoms with E-state index in [9.17, 15) is 18.0 Å². The number of rotatable bonds is 4. The number of sulfonamides is 1. The molecule has 0 unspecified atom stereocenters. The first-order valence-corrected chi connectivity index (χ1v) is 10.8. The van der Waals surface area contributed by atoms with E-state index in [0.717, 1.165) is 52.8 Å². The van der Waals surface area contributed by atoms with E-state index in [4.69, 9.17) is 0 Å². The number of anilines is 1. The molecule has 0 spiro atoms. The van der Waals surface area contributed by atoms with Gasteiger partial charge in [-0.25, -0.2) is 27.2 Å². The van der Waals surface area contributed by atoms with E-state index >= 15 is 0 Å². The Morgan fingerprint density at radius 3 is 2.56 bits per heavy atom. The summed E-state index contributed by atoms with van der Waals surface area (Å²) in [6.07, 6.45) is 4.64. The highest BCUT2D eigenvalue weighted by atomic mass is 32.2. The molecule has 0 aromatic carbocycles. The third-order valence-electron chi connectivity index (χ3n) is 5.02. The third kappa shape index (κ3) is 4.49. The van der Waals surface area contributed by atoms with Crippen molar-refractivity contribution in [2.24, 2.45) is 5.92 Å². The lowest BCUT2D eigenvalue weighted by molar-refractivity contribution is 0.192. The van der Waals surface area contributed by atoms with Gasteiger partial charge in [-0.15, -0.1) is 0 Å². The smallest absolute Gasteiger partial charge is 0.341 e. The standard InChI is InChI=1S/C17H25N5O4S/c1-13-11-15(3-6-18-13)20-7-4-14(5-8-20)12-19-16(23)21-9-10-22(17(21)24)27(2,25)26/h3,6,11,14H,4-5,7-10,12H2,1-2H3,(H,19,23). The highest BCUT2D eigenvalue weighted by molar-refractivity contribution is 7.88. The van der Waals surface area contributed by atoms with Gasteiger partial charge in [-0.05, 0) is 37.8 Å². The number of urea groups is 2. The van der Waals surface area contributed by atoms with Crippen molar-refractivity contribution >= 4 is 27.8 Å². The monoisotopic (exact) mass is 395 g/mol. The fraction of sp³-hybridized carbons (Fsp3) is 0.588. The molecule has 2 saturated heterocycles. The van der Waals surface area contributed by atoms with Crippen LogP contribution in [0.3, 0.4) is 0 Å². The third-order valence-corrected chi connectivity index (χ3v) is 6.16. The molecular formula is C17H25N5O4S. The quantitative estimate of drug-likeness (QED) is 0.816. The number of aryl methyl sites for hydroxylation is 1. The molecule has 0 saturated carbocycles. The number of aromatic nitrogens is 1. The molecule has 2 aliphatic rings.